The summed E-state index contributed by atoms with van der Waals surface area (Å²) >= 11 is 0. The number of benzene rings is 2. The van der Waals surface area contributed by atoms with E-state index in [1.807, 2.05) is 24.3 Å². The smallest absolute Gasteiger partial charge is 0.203 e. The Hall–Kier alpha value is -2.60. The van der Waals surface area contributed by atoms with Gasteiger partial charge >= 0.3 is 0 Å². The lowest BCUT2D eigenvalue weighted by molar-refractivity contribution is 0.323. The van der Waals surface area contributed by atoms with Gasteiger partial charge in [0.2, 0.25) is 5.75 Å². The van der Waals surface area contributed by atoms with Crippen molar-refractivity contribution in [3.05, 3.63) is 41.5 Å². The van der Waals surface area contributed by atoms with E-state index >= 15 is 0 Å². The van der Waals surface area contributed by atoms with Gasteiger partial charge in [0.05, 0.1) is 34.5 Å². The molecule has 0 spiro atoms. The molecule has 0 saturated heterocycles. The molecular formula is C17H22N2O4. The largest absolute Gasteiger partial charge is 0.497 e. The van der Waals surface area contributed by atoms with Crippen molar-refractivity contribution in [1.29, 1.82) is 0 Å². The fourth-order valence-electron chi connectivity index (χ4n) is 2.42. The maximum atomic E-state index is 6.37. The third-order valence-electron chi connectivity index (χ3n) is 3.68. The Morgan fingerprint density at radius 1 is 0.826 bits per heavy atom. The normalized spacial score (nSPS) is 11.7. The first-order chi connectivity index (χ1) is 11.0. The molecule has 0 bridgehead atoms. The zero-order valence-corrected chi connectivity index (χ0v) is 13.8. The van der Waals surface area contributed by atoms with Crippen molar-refractivity contribution in [1.82, 2.24) is 0 Å². The van der Waals surface area contributed by atoms with Crippen LogP contribution in [0.3, 0.4) is 0 Å². The molecule has 23 heavy (non-hydrogen) atoms. The molecule has 0 saturated carbocycles. The van der Waals surface area contributed by atoms with Gasteiger partial charge in [-0.15, -0.1) is 0 Å². The standard InChI is InChI=1S/C17H22N2O4/c1-20-11-5-6-12(13(18)9-11)16(19)10-7-14(21-2)17(23-4)15(8-10)22-3/h5-9,16H,18-19H2,1-4H3. The van der Waals surface area contributed by atoms with Gasteiger partial charge < -0.3 is 30.4 Å². The highest BCUT2D eigenvalue weighted by molar-refractivity contribution is 5.59. The number of hydrogen-bond acceptors (Lipinski definition) is 6. The molecule has 124 valence electrons. The lowest BCUT2D eigenvalue weighted by atomic mass is 9.97. The molecule has 6 nitrogen and oxygen atoms in total. The van der Waals surface area contributed by atoms with Crippen molar-refractivity contribution < 1.29 is 18.9 Å². The van der Waals surface area contributed by atoms with Crippen molar-refractivity contribution in [3.63, 3.8) is 0 Å². The van der Waals surface area contributed by atoms with Crippen LogP contribution < -0.4 is 30.4 Å². The maximum absolute atomic E-state index is 6.37. The molecule has 0 aromatic heterocycles. The van der Waals surface area contributed by atoms with E-state index in [1.165, 1.54) is 0 Å². The summed E-state index contributed by atoms with van der Waals surface area (Å²) < 4.78 is 21.2. The van der Waals surface area contributed by atoms with E-state index in [0.29, 0.717) is 28.7 Å². The van der Waals surface area contributed by atoms with Crippen LogP contribution in [0, 0.1) is 0 Å². The van der Waals surface area contributed by atoms with E-state index in [1.54, 1.807) is 34.5 Å². The predicted molar refractivity (Wildman–Crippen MR) is 89.5 cm³/mol. The number of anilines is 1. The summed E-state index contributed by atoms with van der Waals surface area (Å²) in [5, 5.41) is 0. The first kappa shape index (κ1) is 16.8. The fraction of sp³-hybridized carbons (Fsp3) is 0.294. The van der Waals surface area contributed by atoms with Crippen molar-refractivity contribution in [3.8, 4) is 23.0 Å². The Morgan fingerprint density at radius 3 is 1.87 bits per heavy atom. The van der Waals surface area contributed by atoms with E-state index in [9.17, 15) is 0 Å². The molecular weight excluding hydrogens is 296 g/mol. The summed E-state index contributed by atoms with van der Waals surface area (Å²) in [6.45, 7) is 0. The second kappa shape index (κ2) is 7.11. The lowest BCUT2D eigenvalue weighted by Gasteiger charge is -2.19. The topological polar surface area (TPSA) is 89.0 Å². The molecule has 0 fully saturated rings. The van der Waals surface area contributed by atoms with Gasteiger partial charge in [0.25, 0.3) is 0 Å². The van der Waals surface area contributed by atoms with Crippen LogP contribution in [0.2, 0.25) is 0 Å². The summed E-state index contributed by atoms with van der Waals surface area (Å²) in [5.74, 6) is 2.30. The Balaban J connectivity index is 2.48. The van der Waals surface area contributed by atoms with Crippen molar-refractivity contribution in [2.75, 3.05) is 34.2 Å². The number of methoxy groups -OCH3 is 4. The molecule has 1 unspecified atom stereocenters. The molecule has 0 heterocycles. The molecule has 0 aliphatic rings. The van der Waals surface area contributed by atoms with E-state index < -0.39 is 6.04 Å². The summed E-state index contributed by atoms with van der Waals surface area (Å²) in [5.41, 5.74) is 14.6. The van der Waals surface area contributed by atoms with Crippen LogP contribution in [0.5, 0.6) is 23.0 Å². The fourth-order valence-corrected chi connectivity index (χ4v) is 2.42. The van der Waals surface area contributed by atoms with Crippen LogP contribution >= 0.6 is 0 Å². The minimum absolute atomic E-state index is 0.436. The van der Waals surface area contributed by atoms with E-state index in [4.69, 9.17) is 30.4 Å². The summed E-state index contributed by atoms with van der Waals surface area (Å²) in [6.07, 6.45) is 0. The molecule has 1 atom stereocenters. The minimum Gasteiger partial charge on any atom is -0.497 e. The van der Waals surface area contributed by atoms with Crippen LogP contribution in [0.15, 0.2) is 30.3 Å². The van der Waals surface area contributed by atoms with Gasteiger partial charge in [0, 0.05) is 11.8 Å². The molecule has 4 N–H and O–H groups in total. The van der Waals surface area contributed by atoms with Crippen LogP contribution in [0.25, 0.3) is 0 Å². The number of rotatable bonds is 6. The minimum atomic E-state index is -0.436. The summed E-state index contributed by atoms with van der Waals surface area (Å²) in [4.78, 5) is 0. The van der Waals surface area contributed by atoms with Crippen molar-refractivity contribution >= 4 is 5.69 Å². The number of ether oxygens (including phenoxy) is 4. The number of nitrogens with two attached hydrogens (primary N) is 2. The SMILES string of the molecule is COc1ccc(C(N)c2cc(OC)c(OC)c(OC)c2)c(N)c1. The lowest BCUT2D eigenvalue weighted by Crippen LogP contribution is -2.14. The Bertz CT molecular complexity index is 663. The highest BCUT2D eigenvalue weighted by Crippen LogP contribution is 2.41. The average molecular weight is 318 g/mol. The van der Waals surface area contributed by atoms with Crippen LogP contribution in [0.1, 0.15) is 17.2 Å². The average Bonchev–Trinajstić information content (AvgIpc) is 2.59. The van der Waals surface area contributed by atoms with Gasteiger partial charge in [-0.25, -0.2) is 0 Å². The molecule has 0 radical (unpaired) electrons. The van der Waals surface area contributed by atoms with Crippen molar-refractivity contribution in [2.45, 2.75) is 6.04 Å². The first-order valence-corrected chi connectivity index (χ1v) is 7.04. The maximum Gasteiger partial charge on any atom is 0.203 e. The highest BCUT2D eigenvalue weighted by atomic mass is 16.5. The molecule has 0 aliphatic heterocycles. The zero-order chi connectivity index (χ0) is 17.0. The van der Waals surface area contributed by atoms with Gasteiger partial charge in [-0.1, -0.05) is 6.07 Å². The first-order valence-electron chi connectivity index (χ1n) is 7.04. The Kier molecular flexibility index (Phi) is 5.18. The molecule has 6 heteroatoms. The van der Waals surface area contributed by atoms with Gasteiger partial charge in [-0.2, -0.15) is 0 Å². The molecule has 0 amide bonds. The quantitative estimate of drug-likeness (QED) is 0.795. The van der Waals surface area contributed by atoms with Crippen LogP contribution in [-0.2, 0) is 0 Å². The molecule has 2 aromatic carbocycles. The third-order valence-corrected chi connectivity index (χ3v) is 3.68. The summed E-state index contributed by atoms with van der Waals surface area (Å²) in [7, 11) is 6.28. The van der Waals surface area contributed by atoms with E-state index in [2.05, 4.69) is 0 Å². The predicted octanol–water partition coefficient (Wildman–Crippen LogP) is 2.35. The van der Waals surface area contributed by atoms with Crippen molar-refractivity contribution in [2.24, 2.45) is 5.73 Å². The molecule has 0 aliphatic carbocycles. The number of nitrogen functional groups attached to an aromatic ring is 1. The second-order valence-electron chi connectivity index (χ2n) is 4.93. The van der Waals surface area contributed by atoms with Crippen LogP contribution in [-0.4, -0.2) is 28.4 Å². The monoisotopic (exact) mass is 318 g/mol. The Labute approximate surface area is 135 Å². The molecule has 2 rings (SSSR count). The van der Waals surface area contributed by atoms with Crippen LogP contribution in [0.4, 0.5) is 5.69 Å². The highest BCUT2D eigenvalue weighted by Gasteiger charge is 2.19. The van der Waals surface area contributed by atoms with Gasteiger partial charge in [-0.3, -0.25) is 0 Å². The van der Waals surface area contributed by atoms with E-state index in [0.717, 1.165) is 11.1 Å². The van der Waals surface area contributed by atoms with Gasteiger partial charge in [0.1, 0.15) is 5.75 Å². The zero-order valence-electron chi connectivity index (χ0n) is 13.8. The second-order valence-corrected chi connectivity index (χ2v) is 4.93. The van der Waals surface area contributed by atoms with Gasteiger partial charge in [-0.05, 0) is 29.3 Å². The van der Waals surface area contributed by atoms with E-state index in [-0.39, 0.29) is 0 Å². The summed E-state index contributed by atoms with van der Waals surface area (Å²) in [6, 6.07) is 8.61. The third kappa shape index (κ3) is 3.27. The number of hydrogen-bond donors (Lipinski definition) is 2. The van der Waals surface area contributed by atoms with Gasteiger partial charge in [0.15, 0.2) is 11.5 Å². The molecule has 2 aromatic rings. The Morgan fingerprint density at radius 2 is 1.43 bits per heavy atom.